The molecular weight excluding hydrogens is 537 g/mol. The average Bonchev–Trinajstić information content (AvgIpc) is 2.93. The van der Waals surface area contributed by atoms with E-state index in [1.54, 1.807) is 36.7 Å². The fraction of sp³-hybridized carbons (Fsp3) is 0.172. The van der Waals surface area contributed by atoms with Crippen molar-refractivity contribution in [1.82, 2.24) is 20.3 Å². The van der Waals surface area contributed by atoms with Crippen LogP contribution in [0.2, 0.25) is 10.0 Å². The Morgan fingerprint density at radius 3 is 2.28 bits per heavy atom. The first-order valence-corrected chi connectivity index (χ1v) is 12.8. The van der Waals surface area contributed by atoms with Crippen molar-refractivity contribution in [2.75, 3.05) is 11.4 Å². The van der Waals surface area contributed by atoms with Gasteiger partial charge in [-0.05, 0) is 62.4 Å². The van der Waals surface area contributed by atoms with Crippen molar-refractivity contribution >= 4 is 52.7 Å². The molecule has 1 atom stereocenters. The fourth-order valence-corrected chi connectivity index (χ4v) is 4.09. The highest BCUT2D eigenvalue weighted by Gasteiger charge is 2.23. The third-order valence-corrected chi connectivity index (χ3v) is 6.17. The number of anilines is 2. The minimum absolute atomic E-state index is 0.0225. The molecule has 1 unspecified atom stereocenters. The average molecular weight is 565 g/mol. The van der Waals surface area contributed by atoms with Crippen LogP contribution in [0.3, 0.4) is 0 Å². The summed E-state index contributed by atoms with van der Waals surface area (Å²) in [5, 5.41) is 14.8. The van der Waals surface area contributed by atoms with Gasteiger partial charge in [0.1, 0.15) is 6.04 Å². The third kappa shape index (κ3) is 8.25. The van der Waals surface area contributed by atoms with E-state index in [1.807, 2.05) is 43.0 Å². The van der Waals surface area contributed by atoms with Crippen LogP contribution in [0.1, 0.15) is 36.2 Å². The van der Waals surface area contributed by atoms with Crippen LogP contribution >= 0.6 is 23.2 Å². The van der Waals surface area contributed by atoms with Crippen LogP contribution in [0.4, 0.5) is 11.6 Å². The lowest BCUT2D eigenvalue weighted by atomic mass is 10.1. The largest absolute Gasteiger partial charge is 0.752 e. The van der Waals surface area contributed by atoms with Crippen molar-refractivity contribution in [3.63, 3.8) is 0 Å². The first kappa shape index (κ1) is 29.6. The number of carbonyl (C=O) groups excluding carboxylic acids is 2. The molecule has 1 heterocycles. The molecule has 202 valence electrons. The van der Waals surface area contributed by atoms with E-state index >= 15 is 0 Å². The quantitative estimate of drug-likeness (QED) is 0.209. The molecule has 8 nitrogen and oxygen atoms in total. The molecule has 0 aliphatic carbocycles. The summed E-state index contributed by atoms with van der Waals surface area (Å²) in [6.07, 6.45) is 9.86. The molecule has 0 fully saturated rings. The lowest BCUT2D eigenvalue weighted by Gasteiger charge is -2.28. The van der Waals surface area contributed by atoms with E-state index in [9.17, 15) is 14.8 Å². The first-order valence-electron chi connectivity index (χ1n) is 12.0. The molecule has 2 aromatic carbocycles. The number of carbonyl (C=O) groups is 2. The predicted octanol–water partition coefficient (Wildman–Crippen LogP) is 6.56. The van der Waals surface area contributed by atoms with Gasteiger partial charge in [-0.15, -0.1) is 0 Å². The maximum Gasteiger partial charge on any atom is 0.254 e. The van der Waals surface area contributed by atoms with Gasteiger partial charge in [0.15, 0.2) is 0 Å². The Labute approximate surface area is 237 Å². The van der Waals surface area contributed by atoms with Crippen molar-refractivity contribution in [2.45, 2.75) is 26.3 Å². The number of nitrogens with zero attached hydrogens (tertiary/aromatic N) is 4. The van der Waals surface area contributed by atoms with Crippen LogP contribution < -0.4 is 10.2 Å². The van der Waals surface area contributed by atoms with E-state index in [4.69, 9.17) is 23.2 Å². The molecule has 0 saturated heterocycles. The zero-order chi connectivity index (χ0) is 28.4. The molecule has 3 aromatic rings. The summed E-state index contributed by atoms with van der Waals surface area (Å²) >= 11 is 12.2. The standard InChI is InChI=1S/C29H28Cl2N5O3/c1-4-36(39)28(38)25(34-27(37)26-23(30)9-6-10-24(26)31)11-5-8-21-12-14-22(15-13-21)35(19-16-20(2)3)29-32-17-7-18-33-29/h4-10,12-18,25H,1,11,19H2,2-3H3,(H,34,37)/q-1/b8-5+. The maximum atomic E-state index is 12.8. The Morgan fingerprint density at radius 2 is 1.69 bits per heavy atom. The van der Waals surface area contributed by atoms with E-state index in [1.165, 1.54) is 17.7 Å². The van der Waals surface area contributed by atoms with Crippen molar-refractivity contribution in [1.29, 1.82) is 0 Å². The van der Waals surface area contributed by atoms with Gasteiger partial charge in [-0.25, -0.2) is 9.97 Å². The topological polar surface area (TPSA) is 101 Å². The molecule has 3 rings (SSSR count). The smallest absolute Gasteiger partial charge is 0.254 e. The second kappa shape index (κ2) is 14.2. The van der Waals surface area contributed by atoms with Crippen LogP contribution in [-0.4, -0.2) is 39.4 Å². The predicted molar refractivity (Wildman–Crippen MR) is 157 cm³/mol. The van der Waals surface area contributed by atoms with E-state index in [0.717, 1.165) is 17.5 Å². The van der Waals surface area contributed by atoms with E-state index in [-0.39, 0.29) is 27.1 Å². The number of hydrogen-bond acceptors (Lipinski definition) is 6. The molecule has 0 spiro atoms. The second-order valence-corrected chi connectivity index (χ2v) is 9.45. The highest BCUT2D eigenvalue weighted by atomic mass is 35.5. The summed E-state index contributed by atoms with van der Waals surface area (Å²) in [6.45, 7) is 7.99. The summed E-state index contributed by atoms with van der Waals surface area (Å²) < 4.78 is 0. The van der Waals surface area contributed by atoms with E-state index in [0.29, 0.717) is 12.5 Å². The molecule has 0 bridgehead atoms. The Balaban J connectivity index is 1.77. The number of allylic oxidation sites excluding steroid dienone is 1. The number of aromatic nitrogens is 2. The van der Waals surface area contributed by atoms with Crippen LogP contribution in [0.15, 0.2) is 91.4 Å². The van der Waals surface area contributed by atoms with Crippen LogP contribution in [0.5, 0.6) is 0 Å². The second-order valence-electron chi connectivity index (χ2n) is 8.64. The van der Waals surface area contributed by atoms with Crippen molar-refractivity contribution in [2.24, 2.45) is 0 Å². The van der Waals surface area contributed by atoms with Gasteiger partial charge in [0, 0.05) is 24.6 Å². The van der Waals surface area contributed by atoms with E-state index in [2.05, 4.69) is 27.9 Å². The fourth-order valence-electron chi connectivity index (χ4n) is 3.52. The number of amides is 2. The normalized spacial score (nSPS) is 11.5. The van der Waals surface area contributed by atoms with Gasteiger partial charge in [-0.1, -0.05) is 71.8 Å². The SMILES string of the molecule is C=CN([O-])C(=O)C(C/C=C/c1ccc(N(CC=C(C)C)c2ncccn2)cc1)NC(=O)c1c(Cl)cccc1Cl. The molecule has 1 N–H and O–H groups in total. The molecular formula is C29H28Cl2N5O3-. The number of hydrogen-bond donors (Lipinski definition) is 1. The highest BCUT2D eigenvalue weighted by Crippen LogP contribution is 2.25. The lowest BCUT2D eigenvalue weighted by Crippen LogP contribution is -2.45. The molecule has 0 radical (unpaired) electrons. The molecule has 0 aliphatic heterocycles. The Hall–Kier alpha value is -3.98. The minimum Gasteiger partial charge on any atom is -0.752 e. The summed E-state index contributed by atoms with van der Waals surface area (Å²) in [6, 6.07) is 12.9. The third-order valence-electron chi connectivity index (χ3n) is 5.54. The van der Waals surface area contributed by atoms with Crippen molar-refractivity contribution < 1.29 is 9.59 Å². The molecule has 39 heavy (non-hydrogen) atoms. The highest BCUT2D eigenvalue weighted by molar-refractivity contribution is 6.39. The zero-order valence-electron chi connectivity index (χ0n) is 21.6. The Kier molecular flexibility index (Phi) is 10.8. The summed E-state index contributed by atoms with van der Waals surface area (Å²) in [7, 11) is 0. The molecule has 1 aromatic heterocycles. The van der Waals surface area contributed by atoms with Gasteiger partial charge in [-0.3, -0.25) is 9.59 Å². The molecule has 0 saturated carbocycles. The number of halogens is 2. The van der Waals surface area contributed by atoms with Gasteiger partial charge in [0.2, 0.25) is 11.9 Å². The summed E-state index contributed by atoms with van der Waals surface area (Å²) in [4.78, 5) is 36.2. The van der Waals surface area contributed by atoms with Crippen LogP contribution in [0.25, 0.3) is 6.08 Å². The van der Waals surface area contributed by atoms with Gasteiger partial charge in [0.05, 0.1) is 15.6 Å². The van der Waals surface area contributed by atoms with Gasteiger partial charge < -0.3 is 20.5 Å². The van der Waals surface area contributed by atoms with Crippen LogP contribution in [-0.2, 0) is 4.79 Å². The number of nitrogens with one attached hydrogen (secondary N) is 1. The van der Waals surface area contributed by atoms with Crippen LogP contribution in [0, 0.1) is 5.21 Å². The molecule has 2 amide bonds. The first-order chi connectivity index (χ1) is 18.7. The Bertz CT molecular complexity index is 1340. The summed E-state index contributed by atoms with van der Waals surface area (Å²) in [5.74, 6) is -0.962. The zero-order valence-corrected chi connectivity index (χ0v) is 23.1. The lowest BCUT2D eigenvalue weighted by molar-refractivity contribution is -0.128. The number of benzene rings is 2. The van der Waals surface area contributed by atoms with Gasteiger partial charge >= 0.3 is 0 Å². The molecule has 10 heteroatoms. The monoisotopic (exact) mass is 564 g/mol. The Morgan fingerprint density at radius 1 is 1.05 bits per heavy atom. The minimum atomic E-state index is -1.16. The van der Waals surface area contributed by atoms with Gasteiger partial charge in [0.25, 0.3) is 5.91 Å². The van der Waals surface area contributed by atoms with Crippen molar-refractivity contribution in [3.8, 4) is 0 Å². The number of hydroxylamine groups is 2. The van der Waals surface area contributed by atoms with Gasteiger partial charge in [-0.2, -0.15) is 0 Å². The molecule has 0 aliphatic rings. The van der Waals surface area contributed by atoms with Crippen molar-refractivity contribution in [3.05, 3.63) is 118 Å². The maximum absolute atomic E-state index is 12.8. The van der Waals surface area contributed by atoms with E-state index < -0.39 is 17.9 Å². The number of rotatable bonds is 11. The summed E-state index contributed by atoms with van der Waals surface area (Å²) in [5.41, 5.74) is 2.95.